The molecule has 160 valence electrons. The molecule has 2 aromatic rings. The van der Waals surface area contributed by atoms with Gasteiger partial charge in [-0.2, -0.15) is 22.0 Å². The summed E-state index contributed by atoms with van der Waals surface area (Å²) >= 11 is 0. The average Bonchev–Trinajstić information content (AvgIpc) is 2.63. The van der Waals surface area contributed by atoms with Crippen molar-refractivity contribution in [1.29, 1.82) is 0 Å². The second kappa shape index (κ2) is 9.28. The molecular formula is C20H20F6O3. The molecule has 0 aliphatic heterocycles. The molecule has 0 aliphatic rings. The van der Waals surface area contributed by atoms with Crippen LogP contribution in [-0.2, 0) is 12.6 Å². The molecule has 0 spiro atoms. The zero-order chi connectivity index (χ0) is 21.7. The van der Waals surface area contributed by atoms with E-state index in [0.29, 0.717) is 0 Å². The summed E-state index contributed by atoms with van der Waals surface area (Å²) in [5.41, 5.74) is -0.887. The molecule has 0 aliphatic carbocycles. The molecule has 0 atom stereocenters. The van der Waals surface area contributed by atoms with Gasteiger partial charge in [-0.15, -0.1) is 0 Å². The van der Waals surface area contributed by atoms with Crippen LogP contribution in [0.5, 0.6) is 17.2 Å². The van der Waals surface area contributed by atoms with Crippen LogP contribution in [0.4, 0.5) is 26.3 Å². The van der Waals surface area contributed by atoms with E-state index < -0.39 is 41.8 Å². The lowest BCUT2D eigenvalue weighted by atomic mass is 10.1. The first-order valence-corrected chi connectivity index (χ1v) is 8.88. The molecule has 0 radical (unpaired) electrons. The van der Waals surface area contributed by atoms with Crippen molar-refractivity contribution < 1.29 is 40.6 Å². The highest BCUT2D eigenvalue weighted by Crippen LogP contribution is 2.41. The van der Waals surface area contributed by atoms with Crippen molar-refractivity contribution >= 4 is 0 Å². The van der Waals surface area contributed by atoms with Crippen LogP contribution < -0.4 is 14.2 Å². The van der Waals surface area contributed by atoms with Crippen LogP contribution in [0, 0.1) is 5.82 Å². The first kappa shape index (κ1) is 22.7. The summed E-state index contributed by atoms with van der Waals surface area (Å²) in [5, 5.41) is 0. The topological polar surface area (TPSA) is 27.7 Å². The molecule has 9 heteroatoms. The normalized spacial score (nSPS) is 12.0. The Hall–Kier alpha value is -2.58. The zero-order valence-corrected chi connectivity index (χ0v) is 15.8. The van der Waals surface area contributed by atoms with Gasteiger partial charge in [-0.3, -0.25) is 0 Å². The maximum atomic E-state index is 14.1. The van der Waals surface area contributed by atoms with E-state index in [1.807, 2.05) is 6.92 Å². The van der Waals surface area contributed by atoms with Gasteiger partial charge in [0.2, 0.25) is 0 Å². The third kappa shape index (κ3) is 6.20. The van der Waals surface area contributed by atoms with Crippen molar-refractivity contribution in [3.63, 3.8) is 0 Å². The number of aryl methyl sites for hydroxylation is 1. The Bertz CT molecular complexity index is 803. The van der Waals surface area contributed by atoms with Gasteiger partial charge in [0, 0.05) is 0 Å². The highest BCUT2D eigenvalue weighted by Gasteiger charge is 2.41. The standard InChI is InChI=1S/C20H20F6O3/c1-3-5-13-6-8-14(9-7-13)29-19(22,23)12-28-15-10-11-16(27-4-2)18(21)17(15)20(24,25)26/h6-11H,3-5,12H2,1-2H3. The largest absolute Gasteiger partial charge is 0.491 e. The lowest BCUT2D eigenvalue weighted by Gasteiger charge is -2.21. The number of hydrogen-bond acceptors (Lipinski definition) is 3. The molecule has 2 aromatic carbocycles. The van der Waals surface area contributed by atoms with Gasteiger partial charge < -0.3 is 14.2 Å². The summed E-state index contributed by atoms with van der Waals surface area (Å²) in [6, 6.07) is 7.49. The van der Waals surface area contributed by atoms with E-state index in [1.165, 1.54) is 19.1 Å². The molecule has 0 bridgehead atoms. The second-order valence-corrected chi connectivity index (χ2v) is 6.10. The van der Waals surface area contributed by atoms with Gasteiger partial charge in [-0.05, 0) is 43.2 Å². The smallest absolute Gasteiger partial charge is 0.432 e. The Balaban J connectivity index is 2.15. The maximum Gasteiger partial charge on any atom is 0.432 e. The van der Waals surface area contributed by atoms with Crippen molar-refractivity contribution in [2.24, 2.45) is 0 Å². The molecular weight excluding hydrogens is 402 g/mol. The fourth-order valence-corrected chi connectivity index (χ4v) is 2.57. The lowest BCUT2D eigenvalue weighted by Crippen LogP contribution is -2.33. The van der Waals surface area contributed by atoms with Gasteiger partial charge in [0.25, 0.3) is 0 Å². The first-order valence-electron chi connectivity index (χ1n) is 8.88. The van der Waals surface area contributed by atoms with E-state index in [1.54, 1.807) is 12.1 Å². The molecule has 0 unspecified atom stereocenters. The summed E-state index contributed by atoms with van der Waals surface area (Å²) in [6.45, 7) is 1.82. The van der Waals surface area contributed by atoms with E-state index in [9.17, 15) is 26.3 Å². The molecule has 0 fully saturated rings. The Morgan fingerprint density at radius 2 is 1.45 bits per heavy atom. The number of benzene rings is 2. The van der Waals surface area contributed by atoms with Gasteiger partial charge in [-0.25, -0.2) is 4.39 Å². The van der Waals surface area contributed by atoms with Crippen LogP contribution in [-0.4, -0.2) is 19.3 Å². The lowest BCUT2D eigenvalue weighted by molar-refractivity contribution is -0.197. The third-order valence-corrected chi connectivity index (χ3v) is 3.78. The van der Waals surface area contributed by atoms with E-state index in [-0.39, 0.29) is 12.4 Å². The molecule has 0 saturated heterocycles. The Kier molecular flexibility index (Phi) is 7.26. The monoisotopic (exact) mass is 422 g/mol. The fraction of sp³-hybridized carbons (Fsp3) is 0.400. The molecule has 0 saturated carbocycles. The summed E-state index contributed by atoms with van der Waals surface area (Å²) in [4.78, 5) is 0. The minimum Gasteiger partial charge on any atom is -0.491 e. The minimum atomic E-state index is -5.17. The maximum absolute atomic E-state index is 14.1. The Labute approximate surface area is 164 Å². The van der Waals surface area contributed by atoms with Crippen LogP contribution >= 0.6 is 0 Å². The van der Waals surface area contributed by atoms with Crippen molar-refractivity contribution in [1.82, 2.24) is 0 Å². The fourth-order valence-electron chi connectivity index (χ4n) is 2.57. The molecule has 29 heavy (non-hydrogen) atoms. The Morgan fingerprint density at radius 1 is 0.828 bits per heavy atom. The van der Waals surface area contributed by atoms with Gasteiger partial charge in [-0.1, -0.05) is 25.5 Å². The third-order valence-electron chi connectivity index (χ3n) is 3.78. The summed E-state index contributed by atoms with van der Waals surface area (Å²) in [7, 11) is 0. The van der Waals surface area contributed by atoms with Gasteiger partial charge in [0.1, 0.15) is 17.1 Å². The van der Waals surface area contributed by atoms with E-state index in [2.05, 4.69) is 9.47 Å². The average molecular weight is 422 g/mol. The molecule has 2 rings (SSSR count). The van der Waals surface area contributed by atoms with Crippen LogP contribution in [0.2, 0.25) is 0 Å². The second-order valence-electron chi connectivity index (χ2n) is 6.10. The Morgan fingerprint density at radius 3 is 2.00 bits per heavy atom. The van der Waals surface area contributed by atoms with E-state index in [0.717, 1.165) is 30.5 Å². The quantitative estimate of drug-likeness (QED) is 0.448. The summed E-state index contributed by atoms with van der Waals surface area (Å²) in [6.07, 6.45) is -7.46. The van der Waals surface area contributed by atoms with Crippen molar-refractivity contribution in [3.05, 3.63) is 53.3 Å². The van der Waals surface area contributed by atoms with Crippen molar-refractivity contribution in [3.8, 4) is 17.2 Å². The SMILES string of the molecule is CCCc1ccc(OC(F)(F)COc2ccc(OCC)c(F)c2C(F)(F)F)cc1. The number of alkyl halides is 5. The van der Waals surface area contributed by atoms with Crippen molar-refractivity contribution in [2.45, 2.75) is 39.0 Å². The van der Waals surface area contributed by atoms with Crippen molar-refractivity contribution in [2.75, 3.05) is 13.2 Å². The van der Waals surface area contributed by atoms with Gasteiger partial charge in [0.15, 0.2) is 18.2 Å². The van der Waals surface area contributed by atoms with Crippen LogP contribution in [0.15, 0.2) is 36.4 Å². The summed E-state index contributed by atoms with van der Waals surface area (Å²) in [5.74, 6) is -3.64. The number of hydrogen-bond donors (Lipinski definition) is 0. The van der Waals surface area contributed by atoms with E-state index in [4.69, 9.17) is 4.74 Å². The van der Waals surface area contributed by atoms with Crippen LogP contribution in [0.25, 0.3) is 0 Å². The van der Waals surface area contributed by atoms with Crippen LogP contribution in [0.3, 0.4) is 0 Å². The number of halogens is 6. The molecule has 0 heterocycles. The predicted octanol–water partition coefficient (Wildman–Crippen LogP) is 6.25. The summed E-state index contributed by atoms with van der Waals surface area (Å²) < 4.78 is 95.7. The predicted molar refractivity (Wildman–Crippen MR) is 94.1 cm³/mol. The first-order chi connectivity index (χ1) is 13.6. The highest BCUT2D eigenvalue weighted by atomic mass is 19.4. The van der Waals surface area contributed by atoms with Gasteiger partial charge >= 0.3 is 12.3 Å². The zero-order valence-electron chi connectivity index (χ0n) is 15.8. The molecule has 0 amide bonds. The highest BCUT2D eigenvalue weighted by molar-refractivity contribution is 5.44. The number of rotatable bonds is 9. The molecule has 0 N–H and O–H groups in total. The van der Waals surface area contributed by atoms with E-state index >= 15 is 0 Å². The number of ether oxygens (including phenoxy) is 3. The van der Waals surface area contributed by atoms with Gasteiger partial charge in [0.05, 0.1) is 6.61 Å². The molecule has 0 aromatic heterocycles. The molecule has 3 nitrogen and oxygen atoms in total. The van der Waals surface area contributed by atoms with Crippen LogP contribution in [0.1, 0.15) is 31.4 Å². The minimum absolute atomic E-state index is 0.0720.